The fraction of sp³-hybridized carbons (Fsp3) is 0.167. The maximum absolute atomic E-state index is 5.88. The van der Waals surface area contributed by atoms with Gasteiger partial charge in [0.1, 0.15) is 11.5 Å². The molecule has 0 aliphatic heterocycles. The van der Waals surface area contributed by atoms with E-state index in [0.717, 1.165) is 39.4 Å². The number of nitrogen functional groups attached to an aromatic ring is 1. The van der Waals surface area contributed by atoms with Crippen molar-refractivity contribution in [3.63, 3.8) is 0 Å². The van der Waals surface area contributed by atoms with Crippen LogP contribution in [0.1, 0.15) is 11.4 Å². The lowest BCUT2D eigenvalue weighted by Crippen LogP contribution is -2.31. The monoisotopic (exact) mass is 336 g/mol. The Morgan fingerprint density at radius 1 is 1.04 bits per heavy atom. The van der Waals surface area contributed by atoms with Gasteiger partial charge in [0.25, 0.3) is 11.5 Å². The van der Waals surface area contributed by atoms with Crippen molar-refractivity contribution in [2.75, 3.05) is 20.0 Å². The molecule has 0 amide bonds. The number of ether oxygens (including phenoxy) is 2. The van der Waals surface area contributed by atoms with E-state index in [1.807, 2.05) is 47.0 Å². The summed E-state index contributed by atoms with van der Waals surface area (Å²) in [5.41, 5.74) is 8.53. The summed E-state index contributed by atoms with van der Waals surface area (Å²) in [7, 11) is 3.27. The number of nitrogens with zero attached hydrogens (tertiary/aromatic N) is 3. The third-order valence-electron chi connectivity index (χ3n) is 4.09. The zero-order valence-corrected chi connectivity index (χ0v) is 14.0. The van der Waals surface area contributed by atoms with Crippen LogP contribution in [0.15, 0.2) is 42.5 Å². The van der Waals surface area contributed by atoms with Crippen LogP contribution in [0.5, 0.6) is 11.5 Å². The van der Waals surface area contributed by atoms with Crippen molar-refractivity contribution in [3.8, 4) is 11.5 Å². The SMILES string of the molecule is COc1cc(Cc2nc3ccccc3c3nc(N)[nH][n+]23)cc(OC)c1. The normalized spacial score (nSPS) is 11.1. The van der Waals surface area contributed by atoms with Crippen LogP contribution in [0.4, 0.5) is 5.95 Å². The van der Waals surface area contributed by atoms with Crippen molar-refractivity contribution in [1.29, 1.82) is 0 Å². The fourth-order valence-electron chi connectivity index (χ4n) is 2.94. The molecule has 2 aromatic heterocycles. The van der Waals surface area contributed by atoms with Crippen LogP contribution < -0.4 is 19.7 Å². The van der Waals surface area contributed by atoms with Gasteiger partial charge in [0, 0.05) is 6.07 Å². The van der Waals surface area contributed by atoms with Gasteiger partial charge in [0.2, 0.25) is 0 Å². The minimum Gasteiger partial charge on any atom is -0.497 e. The highest BCUT2D eigenvalue weighted by molar-refractivity contribution is 5.89. The molecule has 7 nitrogen and oxygen atoms in total. The number of methoxy groups -OCH3 is 2. The Kier molecular flexibility index (Phi) is 3.61. The average Bonchev–Trinajstić information content (AvgIpc) is 3.03. The number of benzene rings is 2. The second-order valence-corrected chi connectivity index (χ2v) is 5.71. The first-order valence-electron chi connectivity index (χ1n) is 7.85. The van der Waals surface area contributed by atoms with E-state index in [1.54, 1.807) is 14.2 Å². The third-order valence-corrected chi connectivity index (χ3v) is 4.09. The van der Waals surface area contributed by atoms with Gasteiger partial charge < -0.3 is 15.2 Å². The molecule has 0 saturated heterocycles. The van der Waals surface area contributed by atoms with Gasteiger partial charge in [-0.05, 0) is 29.8 Å². The van der Waals surface area contributed by atoms with E-state index in [0.29, 0.717) is 12.4 Å². The average molecular weight is 336 g/mol. The van der Waals surface area contributed by atoms with Crippen molar-refractivity contribution in [1.82, 2.24) is 15.1 Å². The lowest BCUT2D eigenvalue weighted by atomic mass is 10.1. The predicted molar refractivity (Wildman–Crippen MR) is 93.8 cm³/mol. The van der Waals surface area contributed by atoms with Crippen molar-refractivity contribution in [2.45, 2.75) is 6.42 Å². The summed E-state index contributed by atoms with van der Waals surface area (Å²) in [6, 6.07) is 13.6. The molecule has 0 bridgehead atoms. The summed E-state index contributed by atoms with van der Waals surface area (Å²) >= 11 is 0. The van der Waals surface area contributed by atoms with E-state index >= 15 is 0 Å². The maximum atomic E-state index is 5.88. The second-order valence-electron chi connectivity index (χ2n) is 5.71. The van der Waals surface area contributed by atoms with Gasteiger partial charge in [0.15, 0.2) is 5.52 Å². The number of anilines is 1. The standard InChI is InChI=1S/C18H17N5O2/c1-24-12-7-11(8-13(10-12)25-2)9-16-20-15-6-4-3-5-14(15)17-21-18(19)22-23(16)17/h3-8,10H,9H2,1-2H3,(H2,19,22)/p+1. The van der Waals surface area contributed by atoms with Gasteiger partial charge in [-0.15, -0.1) is 9.50 Å². The van der Waals surface area contributed by atoms with Crippen LogP contribution in [-0.4, -0.2) is 29.3 Å². The minimum absolute atomic E-state index is 0.350. The molecule has 0 unspecified atom stereocenters. The number of para-hydroxylation sites is 1. The molecule has 126 valence electrons. The zero-order valence-electron chi connectivity index (χ0n) is 14.0. The number of hydrogen-bond acceptors (Lipinski definition) is 5. The molecule has 0 atom stereocenters. The summed E-state index contributed by atoms with van der Waals surface area (Å²) in [6.45, 7) is 0. The Morgan fingerprint density at radius 3 is 2.48 bits per heavy atom. The van der Waals surface area contributed by atoms with Gasteiger partial charge >= 0.3 is 5.95 Å². The Labute approximate surface area is 144 Å². The predicted octanol–water partition coefficient (Wildman–Crippen LogP) is 1.89. The molecule has 0 aliphatic rings. The van der Waals surface area contributed by atoms with E-state index < -0.39 is 0 Å². The van der Waals surface area contributed by atoms with Crippen LogP contribution in [0.25, 0.3) is 16.6 Å². The summed E-state index contributed by atoms with van der Waals surface area (Å²) in [5.74, 6) is 2.62. The molecule has 0 fully saturated rings. The molecule has 3 N–H and O–H groups in total. The highest BCUT2D eigenvalue weighted by Crippen LogP contribution is 2.24. The van der Waals surface area contributed by atoms with E-state index in [1.165, 1.54) is 0 Å². The molecule has 4 rings (SSSR count). The molecule has 0 saturated carbocycles. The summed E-state index contributed by atoms with van der Waals surface area (Å²) in [6.07, 6.45) is 0.571. The lowest BCUT2D eigenvalue weighted by Gasteiger charge is -2.07. The van der Waals surface area contributed by atoms with Gasteiger partial charge in [-0.1, -0.05) is 17.1 Å². The highest BCUT2D eigenvalue weighted by Gasteiger charge is 2.20. The number of fused-ring (bicyclic) bond motifs is 3. The van der Waals surface area contributed by atoms with E-state index in [2.05, 4.69) is 10.1 Å². The quantitative estimate of drug-likeness (QED) is 0.555. The molecular weight excluding hydrogens is 318 g/mol. The van der Waals surface area contributed by atoms with Gasteiger partial charge in [-0.2, -0.15) is 5.10 Å². The number of H-pyrrole nitrogens is 1. The van der Waals surface area contributed by atoms with E-state index in [4.69, 9.17) is 20.2 Å². The number of nitrogens with one attached hydrogen (secondary N) is 1. The number of rotatable bonds is 4. The molecule has 25 heavy (non-hydrogen) atoms. The van der Waals surface area contributed by atoms with Crippen molar-refractivity contribution in [3.05, 3.63) is 53.9 Å². The van der Waals surface area contributed by atoms with Crippen molar-refractivity contribution in [2.24, 2.45) is 0 Å². The summed E-state index contributed by atoms with van der Waals surface area (Å²) in [5, 5.41) is 4.00. The topological polar surface area (TPSA) is 90.1 Å². The molecule has 0 radical (unpaired) electrons. The first-order chi connectivity index (χ1) is 12.2. The van der Waals surface area contributed by atoms with E-state index in [-0.39, 0.29) is 0 Å². The third kappa shape index (κ3) is 2.69. The lowest BCUT2D eigenvalue weighted by molar-refractivity contribution is -0.587. The Hall–Kier alpha value is -3.35. The number of hydrogen-bond donors (Lipinski definition) is 2. The molecule has 2 aromatic carbocycles. The van der Waals surface area contributed by atoms with Crippen LogP contribution in [0, 0.1) is 0 Å². The number of aromatic amines is 1. The number of nitrogens with two attached hydrogens (primary N) is 1. The van der Waals surface area contributed by atoms with Crippen LogP contribution >= 0.6 is 0 Å². The Bertz CT molecular complexity index is 1050. The van der Waals surface area contributed by atoms with Gasteiger partial charge in [-0.25, -0.2) is 0 Å². The second kappa shape index (κ2) is 5.94. The van der Waals surface area contributed by atoms with Crippen LogP contribution in [-0.2, 0) is 6.42 Å². The largest absolute Gasteiger partial charge is 0.497 e. The van der Waals surface area contributed by atoms with Crippen LogP contribution in [0.2, 0.25) is 0 Å². The van der Waals surface area contributed by atoms with Crippen molar-refractivity contribution < 1.29 is 14.0 Å². The Morgan fingerprint density at radius 2 is 1.76 bits per heavy atom. The highest BCUT2D eigenvalue weighted by atomic mass is 16.5. The molecule has 4 aromatic rings. The van der Waals surface area contributed by atoms with Gasteiger partial charge in [-0.3, -0.25) is 0 Å². The first kappa shape index (κ1) is 15.2. The van der Waals surface area contributed by atoms with E-state index in [9.17, 15) is 0 Å². The van der Waals surface area contributed by atoms with Crippen molar-refractivity contribution >= 4 is 22.5 Å². The maximum Gasteiger partial charge on any atom is 0.301 e. The molecule has 0 aliphatic carbocycles. The smallest absolute Gasteiger partial charge is 0.301 e. The Balaban J connectivity index is 1.88. The number of aromatic nitrogens is 4. The molecule has 0 spiro atoms. The molecule has 2 heterocycles. The minimum atomic E-state index is 0.350. The molecule has 7 heteroatoms. The first-order valence-corrected chi connectivity index (χ1v) is 7.85. The molecular formula is C18H18N5O2+. The fourth-order valence-corrected chi connectivity index (χ4v) is 2.94. The zero-order chi connectivity index (χ0) is 17.4. The van der Waals surface area contributed by atoms with Crippen LogP contribution in [0.3, 0.4) is 0 Å². The summed E-state index contributed by atoms with van der Waals surface area (Å²) < 4.78 is 12.5. The summed E-state index contributed by atoms with van der Waals surface area (Å²) in [4.78, 5) is 9.18. The van der Waals surface area contributed by atoms with Gasteiger partial charge in [0.05, 0.1) is 26.0 Å².